The Hall–Kier alpha value is -0.110. The number of alkyl halides is 1. The van der Waals surface area contributed by atoms with E-state index in [1.54, 1.807) is 0 Å². The van der Waals surface area contributed by atoms with Crippen LogP contribution >= 0.6 is 0 Å². The van der Waals surface area contributed by atoms with E-state index in [1.807, 2.05) is 0 Å². The standard InChI is InChI=1S/C8H18FN/c1-7(2)3-4-8(9)5-6-10/h7-8H,3-6,10H2,1-2H3. The fraction of sp³-hybridized carbons (Fsp3) is 1.00. The highest BCUT2D eigenvalue weighted by Crippen LogP contribution is 2.10. The molecule has 0 fully saturated rings. The van der Waals surface area contributed by atoms with Gasteiger partial charge in [0.15, 0.2) is 0 Å². The monoisotopic (exact) mass is 147 g/mol. The molecule has 0 amide bonds. The van der Waals surface area contributed by atoms with E-state index in [1.165, 1.54) is 0 Å². The number of halogens is 1. The molecule has 0 rings (SSSR count). The van der Waals surface area contributed by atoms with E-state index in [0.717, 1.165) is 6.42 Å². The van der Waals surface area contributed by atoms with Gasteiger partial charge in [-0.15, -0.1) is 0 Å². The van der Waals surface area contributed by atoms with Gasteiger partial charge in [-0.1, -0.05) is 13.8 Å². The molecule has 0 saturated heterocycles. The Balaban J connectivity index is 3.12. The second-order valence-corrected chi connectivity index (χ2v) is 3.15. The summed E-state index contributed by atoms with van der Waals surface area (Å²) >= 11 is 0. The highest BCUT2D eigenvalue weighted by Gasteiger charge is 2.05. The van der Waals surface area contributed by atoms with Gasteiger partial charge in [-0.2, -0.15) is 0 Å². The summed E-state index contributed by atoms with van der Waals surface area (Å²) in [6.45, 7) is 4.68. The van der Waals surface area contributed by atoms with Crippen LogP contribution in [-0.4, -0.2) is 12.7 Å². The average molecular weight is 147 g/mol. The van der Waals surface area contributed by atoms with Gasteiger partial charge in [-0.25, -0.2) is 4.39 Å². The SMILES string of the molecule is CC(C)CCC(F)CCN. The Labute approximate surface area is 62.8 Å². The Morgan fingerprint density at radius 2 is 1.80 bits per heavy atom. The van der Waals surface area contributed by atoms with E-state index in [-0.39, 0.29) is 0 Å². The van der Waals surface area contributed by atoms with Crippen molar-refractivity contribution in [2.24, 2.45) is 11.7 Å². The minimum absolute atomic E-state index is 0.471. The van der Waals surface area contributed by atoms with E-state index in [2.05, 4.69) is 13.8 Å². The second kappa shape index (κ2) is 5.66. The molecule has 10 heavy (non-hydrogen) atoms. The molecule has 0 bridgehead atoms. The van der Waals surface area contributed by atoms with Crippen LogP contribution in [0.1, 0.15) is 33.1 Å². The minimum atomic E-state index is -0.674. The fourth-order valence-electron chi connectivity index (χ4n) is 0.839. The quantitative estimate of drug-likeness (QED) is 0.633. The smallest absolute Gasteiger partial charge is 0.101 e. The molecule has 0 spiro atoms. The van der Waals surface area contributed by atoms with Crippen molar-refractivity contribution in [3.05, 3.63) is 0 Å². The van der Waals surface area contributed by atoms with Crippen molar-refractivity contribution in [1.82, 2.24) is 0 Å². The molecule has 0 aromatic carbocycles. The lowest BCUT2D eigenvalue weighted by Crippen LogP contribution is -2.09. The van der Waals surface area contributed by atoms with Crippen molar-refractivity contribution in [3.8, 4) is 0 Å². The molecule has 0 saturated carbocycles. The summed E-state index contributed by atoms with van der Waals surface area (Å²) < 4.78 is 12.7. The van der Waals surface area contributed by atoms with Gasteiger partial charge in [-0.05, 0) is 31.7 Å². The molecule has 0 radical (unpaired) electrons. The van der Waals surface area contributed by atoms with Crippen LogP contribution in [0.3, 0.4) is 0 Å². The van der Waals surface area contributed by atoms with Crippen molar-refractivity contribution in [2.75, 3.05) is 6.54 Å². The van der Waals surface area contributed by atoms with Gasteiger partial charge in [0.2, 0.25) is 0 Å². The average Bonchev–Trinajstić information content (AvgIpc) is 1.85. The highest BCUT2D eigenvalue weighted by molar-refractivity contribution is 4.57. The molecule has 0 aliphatic carbocycles. The lowest BCUT2D eigenvalue weighted by Gasteiger charge is -2.07. The first kappa shape index (κ1) is 9.89. The summed E-state index contributed by atoms with van der Waals surface area (Å²) in [6, 6.07) is 0. The molecule has 0 aromatic heterocycles. The maximum absolute atomic E-state index is 12.7. The lowest BCUT2D eigenvalue weighted by molar-refractivity contribution is 0.282. The number of hydrogen-bond donors (Lipinski definition) is 1. The van der Waals surface area contributed by atoms with Crippen LogP contribution in [-0.2, 0) is 0 Å². The first-order valence-corrected chi connectivity index (χ1v) is 4.01. The van der Waals surface area contributed by atoms with Gasteiger partial charge in [0.05, 0.1) is 0 Å². The summed E-state index contributed by atoms with van der Waals surface area (Å²) in [4.78, 5) is 0. The molecule has 0 aliphatic rings. The molecular weight excluding hydrogens is 129 g/mol. The fourth-order valence-corrected chi connectivity index (χ4v) is 0.839. The highest BCUT2D eigenvalue weighted by atomic mass is 19.1. The largest absolute Gasteiger partial charge is 0.330 e. The van der Waals surface area contributed by atoms with Gasteiger partial charge in [-0.3, -0.25) is 0 Å². The van der Waals surface area contributed by atoms with Crippen molar-refractivity contribution in [1.29, 1.82) is 0 Å². The maximum atomic E-state index is 12.7. The van der Waals surface area contributed by atoms with Crippen LogP contribution in [0.15, 0.2) is 0 Å². The zero-order chi connectivity index (χ0) is 7.98. The lowest BCUT2D eigenvalue weighted by atomic mass is 10.0. The number of hydrogen-bond acceptors (Lipinski definition) is 1. The van der Waals surface area contributed by atoms with Crippen LogP contribution in [0.2, 0.25) is 0 Å². The van der Waals surface area contributed by atoms with E-state index in [9.17, 15) is 4.39 Å². The van der Waals surface area contributed by atoms with Crippen molar-refractivity contribution < 1.29 is 4.39 Å². The summed E-state index contributed by atoms with van der Waals surface area (Å²) in [7, 11) is 0. The number of nitrogens with two attached hydrogens (primary N) is 1. The van der Waals surface area contributed by atoms with Crippen LogP contribution in [0.25, 0.3) is 0 Å². The number of rotatable bonds is 5. The Kier molecular flexibility index (Phi) is 5.60. The first-order chi connectivity index (χ1) is 4.66. The molecule has 0 heterocycles. The van der Waals surface area contributed by atoms with E-state index >= 15 is 0 Å². The Bertz CT molecular complexity index is 73.7. The maximum Gasteiger partial charge on any atom is 0.101 e. The van der Waals surface area contributed by atoms with Crippen LogP contribution in [0.5, 0.6) is 0 Å². The Morgan fingerprint density at radius 1 is 1.20 bits per heavy atom. The molecule has 62 valence electrons. The van der Waals surface area contributed by atoms with E-state index in [0.29, 0.717) is 25.3 Å². The molecule has 0 aromatic rings. The summed E-state index contributed by atoms with van der Waals surface area (Å²) in [5, 5.41) is 0. The van der Waals surface area contributed by atoms with Crippen LogP contribution in [0.4, 0.5) is 4.39 Å². The van der Waals surface area contributed by atoms with Gasteiger partial charge < -0.3 is 5.73 Å². The normalized spacial score (nSPS) is 14.1. The second-order valence-electron chi connectivity index (χ2n) is 3.15. The Morgan fingerprint density at radius 3 is 2.20 bits per heavy atom. The third kappa shape index (κ3) is 6.02. The molecule has 2 heteroatoms. The zero-order valence-corrected chi connectivity index (χ0v) is 6.94. The first-order valence-electron chi connectivity index (χ1n) is 4.01. The minimum Gasteiger partial charge on any atom is -0.330 e. The predicted octanol–water partition coefficient (Wildman–Crippen LogP) is 2.11. The topological polar surface area (TPSA) is 26.0 Å². The van der Waals surface area contributed by atoms with Crippen LogP contribution < -0.4 is 5.73 Å². The van der Waals surface area contributed by atoms with Crippen molar-refractivity contribution in [3.63, 3.8) is 0 Å². The van der Waals surface area contributed by atoms with E-state index < -0.39 is 6.17 Å². The predicted molar refractivity (Wildman–Crippen MR) is 42.6 cm³/mol. The third-order valence-electron chi connectivity index (χ3n) is 1.54. The van der Waals surface area contributed by atoms with Crippen molar-refractivity contribution in [2.45, 2.75) is 39.3 Å². The van der Waals surface area contributed by atoms with E-state index in [4.69, 9.17) is 5.73 Å². The van der Waals surface area contributed by atoms with Gasteiger partial charge >= 0.3 is 0 Å². The molecule has 1 atom stereocenters. The van der Waals surface area contributed by atoms with Crippen LogP contribution in [0, 0.1) is 5.92 Å². The molecular formula is C8H18FN. The third-order valence-corrected chi connectivity index (χ3v) is 1.54. The zero-order valence-electron chi connectivity index (χ0n) is 6.94. The summed E-state index contributed by atoms with van der Waals surface area (Å²) in [6.07, 6.45) is 1.50. The molecule has 2 N–H and O–H groups in total. The summed E-state index contributed by atoms with van der Waals surface area (Å²) in [5.41, 5.74) is 5.20. The van der Waals surface area contributed by atoms with Gasteiger partial charge in [0.1, 0.15) is 6.17 Å². The molecule has 0 aliphatic heterocycles. The molecule has 1 unspecified atom stereocenters. The van der Waals surface area contributed by atoms with Gasteiger partial charge in [0, 0.05) is 0 Å². The van der Waals surface area contributed by atoms with Gasteiger partial charge in [0.25, 0.3) is 0 Å². The van der Waals surface area contributed by atoms with Crippen molar-refractivity contribution >= 4 is 0 Å². The summed E-state index contributed by atoms with van der Waals surface area (Å²) in [5.74, 6) is 0.607. The molecule has 1 nitrogen and oxygen atoms in total.